The molecular weight excluding hydrogens is 622 g/mol. The van der Waals surface area contributed by atoms with Gasteiger partial charge in [0.25, 0.3) is 5.91 Å². The standard InChI is InChI=1S/C37H39N7O5/c1-43(28-15-19-30(48-3)20-16-28)33(45)32(23-26-11-7-5-8-12-26)40-35-38-25-39-36(41-35)42-37(47,24-27-13-9-6-10-14-27)34(46)44(2)29-17-21-31(49-4)22-18-29/h5-22,25,32,47H,23-24H2,1-4H3,(H2,38,39,40,41,42)/t32-,37-/m0/s1. The van der Waals surface area contributed by atoms with E-state index in [-0.39, 0.29) is 24.2 Å². The Bertz CT molecular complexity index is 1830. The Balaban J connectivity index is 1.42. The highest BCUT2D eigenvalue weighted by atomic mass is 16.5. The Morgan fingerprint density at radius 3 is 1.80 bits per heavy atom. The number of ether oxygens (including phenoxy) is 2. The fourth-order valence-electron chi connectivity index (χ4n) is 5.25. The molecule has 0 unspecified atom stereocenters. The van der Waals surface area contributed by atoms with E-state index < -0.39 is 17.7 Å². The maximum Gasteiger partial charge on any atom is 0.280 e. The number of carbonyl (C=O) groups excluding carboxylic acids is 2. The van der Waals surface area contributed by atoms with Gasteiger partial charge in [0.2, 0.25) is 23.5 Å². The van der Waals surface area contributed by atoms with E-state index in [2.05, 4.69) is 25.6 Å². The van der Waals surface area contributed by atoms with Crippen LogP contribution in [0, 0.1) is 0 Å². The number of carbonyl (C=O) groups is 2. The van der Waals surface area contributed by atoms with E-state index in [1.165, 1.54) is 11.2 Å². The first-order chi connectivity index (χ1) is 23.7. The van der Waals surface area contributed by atoms with Gasteiger partial charge in [0.05, 0.1) is 14.2 Å². The minimum absolute atomic E-state index is 0.0677. The van der Waals surface area contributed by atoms with E-state index in [1.807, 2.05) is 60.7 Å². The monoisotopic (exact) mass is 661 g/mol. The summed E-state index contributed by atoms with van der Waals surface area (Å²) < 4.78 is 10.5. The smallest absolute Gasteiger partial charge is 0.280 e. The Hall–Kier alpha value is -6.01. The van der Waals surface area contributed by atoms with Crippen LogP contribution in [0.15, 0.2) is 116 Å². The summed E-state index contributed by atoms with van der Waals surface area (Å²) in [7, 11) is 6.41. The third kappa shape index (κ3) is 8.67. The number of likely N-dealkylation sites (N-methyl/N-ethyl adjacent to an activating group) is 2. The van der Waals surface area contributed by atoms with Crippen molar-refractivity contribution in [3.05, 3.63) is 127 Å². The molecule has 0 fully saturated rings. The average molecular weight is 662 g/mol. The number of rotatable bonds is 14. The third-order valence-electron chi connectivity index (χ3n) is 7.99. The highest BCUT2D eigenvalue weighted by Gasteiger charge is 2.40. The molecule has 5 aromatic rings. The molecule has 0 bridgehead atoms. The van der Waals surface area contributed by atoms with Crippen LogP contribution in [0.2, 0.25) is 0 Å². The van der Waals surface area contributed by atoms with Gasteiger partial charge < -0.3 is 35.0 Å². The van der Waals surface area contributed by atoms with E-state index in [1.54, 1.807) is 81.7 Å². The zero-order valence-electron chi connectivity index (χ0n) is 27.8. The van der Waals surface area contributed by atoms with Crippen molar-refractivity contribution in [2.45, 2.75) is 24.6 Å². The molecule has 12 heteroatoms. The number of nitrogens with one attached hydrogen (secondary N) is 2. The molecule has 1 aromatic heterocycles. The number of hydrogen-bond donors (Lipinski definition) is 3. The molecular formula is C37H39N7O5. The second-order valence-electron chi connectivity index (χ2n) is 11.3. The predicted octanol–water partition coefficient (Wildman–Crippen LogP) is 4.58. The molecule has 0 aliphatic rings. The Kier molecular flexibility index (Phi) is 11.0. The molecule has 4 aromatic carbocycles. The second-order valence-corrected chi connectivity index (χ2v) is 11.3. The van der Waals surface area contributed by atoms with Crippen LogP contribution in [-0.2, 0) is 22.4 Å². The van der Waals surface area contributed by atoms with E-state index in [4.69, 9.17) is 9.47 Å². The molecule has 0 radical (unpaired) electrons. The molecule has 49 heavy (non-hydrogen) atoms. The van der Waals surface area contributed by atoms with Crippen molar-refractivity contribution in [1.29, 1.82) is 0 Å². The summed E-state index contributed by atoms with van der Waals surface area (Å²) >= 11 is 0. The first-order valence-electron chi connectivity index (χ1n) is 15.6. The minimum Gasteiger partial charge on any atom is -0.497 e. The number of anilines is 4. The Morgan fingerprint density at radius 2 is 1.24 bits per heavy atom. The van der Waals surface area contributed by atoms with E-state index in [9.17, 15) is 14.7 Å². The fraction of sp³-hybridized carbons (Fsp3) is 0.216. The van der Waals surface area contributed by atoms with Gasteiger partial charge in [-0.2, -0.15) is 4.98 Å². The Labute approximate surface area is 285 Å². The maximum absolute atomic E-state index is 14.0. The molecule has 5 rings (SSSR count). The van der Waals surface area contributed by atoms with Gasteiger partial charge in [-0.15, -0.1) is 0 Å². The number of amides is 2. The van der Waals surface area contributed by atoms with Crippen molar-refractivity contribution >= 4 is 35.1 Å². The summed E-state index contributed by atoms with van der Waals surface area (Å²) in [5, 5.41) is 18.0. The van der Waals surface area contributed by atoms with Crippen molar-refractivity contribution in [3.63, 3.8) is 0 Å². The topological polar surface area (TPSA) is 142 Å². The fourth-order valence-corrected chi connectivity index (χ4v) is 5.25. The lowest BCUT2D eigenvalue weighted by Crippen LogP contribution is -2.55. The number of benzene rings is 4. The van der Waals surface area contributed by atoms with Crippen molar-refractivity contribution in [2.75, 3.05) is 48.7 Å². The van der Waals surface area contributed by atoms with E-state index in [0.29, 0.717) is 34.9 Å². The Morgan fingerprint density at radius 1 is 0.735 bits per heavy atom. The number of nitrogens with zero attached hydrogens (tertiary/aromatic N) is 5. The maximum atomic E-state index is 14.0. The highest BCUT2D eigenvalue weighted by molar-refractivity contribution is 6.00. The van der Waals surface area contributed by atoms with Crippen LogP contribution in [0.1, 0.15) is 11.1 Å². The summed E-state index contributed by atoms with van der Waals surface area (Å²) in [5.41, 5.74) is 0.682. The number of hydrogen-bond acceptors (Lipinski definition) is 10. The van der Waals surface area contributed by atoms with Crippen molar-refractivity contribution in [1.82, 2.24) is 15.0 Å². The molecule has 1 heterocycles. The van der Waals surface area contributed by atoms with Crippen molar-refractivity contribution in [3.8, 4) is 11.5 Å². The van der Waals surface area contributed by atoms with Crippen LogP contribution < -0.4 is 29.9 Å². The lowest BCUT2D eigenvalue weighted by molar-refractivity contribution is -0.133. The van der Waals surface area contributed by atoms with Crippen molar-refractivity contribution in [2.24, 2.45) is 0 Å². The molecule has 0 saturated heterocycles. The van der Waals surface area contributed by atoms with Crippen LogP contribution in [0.4, 0.5) is 23.3 Å². The van der Waals surface area contributed by atoms with Gasteiger partial charge in [0, 0.05) is 38.3 Å². The van der Waals surface area contributed by atoms with Crippen molar-refractivity contribution < 1.29 is 24.2 Å². The lowest BCUT2D eigenvalue weighted by Gasteiger charge is -2.32. The summed E-state index contributed by atoms with van der Waals surface area (Å²) in [6, 6.07) is 32.0. The molecule has 0 spiro atoms. The second kappa shape index (κ2) is 15.7. The summed E-state index contributed by atoms with van der Waals surface area (Å²) in [4.78, 5) is 43.7. The molecule has 0 aliphatic heterocycles. The molecule has 3 N–H and O–H groups in total. The number of aromatic nitrogens is 3. The summed E-state index contributed by atoms with van der Waals surface area (Å²) in [6.07, 6.45) is 1.48. The summed E-state index contributed by atoms with van der Waals surface area (Å²) in [5.74, 6) is 0.437. The zero-order valence-corrected chi connectivity index (χ0v) is 27.8. The predicted molar refractivity (Wildman–Crippen MR) is 189 cm³/mol. The number of methoxy groups -OCH3 is 2. The van der Waals surface area contributed by atoms with Crippen LogP contribution in [-0.4, -0.2) is 72.0 Å². The SMILES string of the molecule is COc1ccc(N(C)C(=O)[C@H](Cc2ccccc2)Nc2ncnc(N[C@](O)(Cc3ccccc3)C(=O)N(C)c3ccc(OC)cc3)n2)cc1. The van der Waals surface area contributed by atoms with Crippen LogP contribution >= 0.6 is 0 Å². The van der Waals surface area contributed by atoms with Crippen LogP contribution in [0.25, 0.3) is 0 Å². The van der Waals surface area contributed by atoms with Gasteiger partial charge in [-0.1, -0.05) is 60.7 Å². The molecule has 252 valence electrons. The largest absolute Gasteiger partial charge is 0.497 e. The molecule has 2 atom stereocenters. The molecule has 2 amide bonds. The average Bonchev–Trinajstić information content (AvgIpc) is 3.14. The number of aliphatic hydroxyl groups is 1. The lowest BCUT2D eigenvalue weighted by atomic mass is 10.0. The van der Waals surface area contributed by atoms with Gasteiger partial charge in [-0.25, -0.2) is 9.97 Å². The van der Waals surface area contributed by atoms with Crippen LogP contribution in [0.3, 0.4) is 0 Å². The normalized spacial score (nSPS) is 12.6. The van der Waals surface area contributed by atoms with Gasteiger partial charge in [-0.05, 0) is 59.7 Å². The van der Waals surface area contributed by atoms with Crippen LogP contribution in [0.5, 0.6) is 11.5 Å². The third-order valence-corrected chi connectivity index (χ3v) is 7.99. The molecule has 0 saturated carbocycles. The highest BCUT2D eigenvalue weighted by Crippen LogP contribution is 2.25. The first kappa shape index (κ1) is 34.3. The summed E-state index contributed by atoms with van der Waals surface area (Å²) in [6.45, 7) is 0. The molecule has 12 nitrogen and oxygen atoms in total. The van der Waals surface area contributed by atoms with E-state index in [0.717, 1.165) is 5.56 Å². The molecule has 0 aliphatic carbocycles. The quantitative estimate of drug-likeness (QED) is 0.145. The first-order valence-corrected chi connectivity index (χ1v) is 15.6. The van der Waals surface area contributed by atoms with E-state index >= 15 is 0 Å². The zero-order chi connectivity index (χ0) is 34.8. The van der Waals surface area contributed by atoms with Gasteiger partial charge in [0.15, 0.2) is 0 Å². The van der Waals surface area contributed by atoms with Gasteiger partial charge in [-0.3, -0.25) is 9.59 Å². The van der Waals surface area contributed by atoms with Gasteiger partial charge >= 0.3 is 0 Å². The minimum atomic E-state index is -2.16. The van der Waals surface area contributed by atoms with Gasteiger partial charge in [0.1, 0.15) is 23.9 Å².